The molecule has 11 aromatic rings. The van der Waals surface area contributed by atoms with Crippen LogP contribution >= 0.6 is 0 Å². The van der Waals surface area contributed by atoms with Crippen molar-refractivity contribution in [2.45, 2.75) is 0 Å². The van der Waals surface area contributed by atoms with Crippen LogP contribution in [0.25, 0.3) is 111 Å². The summed E-state index contributed by atoms with van der Waals surface area (Å²) in [7, 11) is 0. The van der Waals surface area contributed by atoms with Gasteiger partial charge in [-0.2, -0.15) is 0 Å². The Morgan fingerprint density at radius 2 is 0.661 bits per heavy atom. The van der Waals surface area contributed by atoms with Crippen molar-refractivity contribution < 1.29 is 4.42 Å². The molecule has 0 aliphatic rings. The number of hydrogen-bond donors (Lipinski definition) is 0. The van der Waals surface area contributed by atoms with Crippen LogP contribution in [0.4, 0.5) is 0 Å². The molecule has 276 valence electrons. The monoisotopic (exact) mass is 753 g/mol. The zero-order valence-electron chi connectivity index (χ0n) is 32.0. The van der Waals surface area contributed by atoms with E-state index >= 15 is 0 Å². The van der Waals surface area contributed by atoms with Gasteiger partial charge < -0.3 is 4.42 Å². The third kappa shape index (κ3) is 6.34. The minimum Gasteiger partial charge on any atom is -0.456 e. The number of furan rings is 1. The summed E-state index contributed by atoms with van der Waals surface area (Å²) in [5, 5.41) is 4.70. The summed E-state index contributed by atoms with van der Waals surface area (Å²) in [6.07, 6.45) is 0. The van der Waals surface area contributed by atoms with Crippen LogP contribution in [-0.2, 0) is 0 Å². The van der Waals surface area contributed by atoms with Crippen molar-refractivity contribution in [3.05, 3.63) is 212 Å². The van der Waals surface area contributed by atoms with Gasteiger partial charge >= 0.3 is 0 Å². The minimum atomic E-state index is 0.631. The fourth-order valence-corrected chi connectivity index (χ4v) is 8.24. The first-order valence-electron chi connectivity index (χ1n) is 19.8. The molecule has 2 aromatic heterocycles. The summed E-state index contributed by atoms with van der Waals surface area (Å²) < 4.78 is 6.25. The second-order valence-electron chi connectivity index (χ2n) is 14.8. The highest BCUT2D eigenvalue weighted by molar-refractivity contribution is 6.09. The maximum atomic E-state index is 6.25. The Balaban J connectivity index is 0.913. The first-order valence-corrected chi connectivity index (χ1v) is 19.8. The van der Waals surface area contributed by atoms with Crippen molar-refractivity contribution in [1.29, 1.82) is 0 Å². The average molecular weight is 754 g/mol. The number of fused-ring (bicyclic) bond motifs is 4. The fourth-order valence-electron chi connectivity index (χ4n) is 8.24. The van der Waals surface area contributed by atoms with Crippen molar-refractivity contribution in [3.8, 4) is 78.7 Å². The van der Waals surface area contributed by atoms with Gasteiger partial charge in [-0.1, -0.05) is 194 Å². The van der Waals surface area contributed by atoms with Gasteiger partial charge in [-0.15, -0.1) is 0 Å². The van der Waals surface area contributed by atoms with Crippen LogP contribution in [0.3, 0.4) is 0 Å². The Kier molecular flexibility index (Phi) is 8.45. The van der Waals surface area contributed by atoms with Gasteiger partial charge in [-0.25, -0.2) is 15.0 Å². The fraction of sp³-hybridized carbons (Fsp3) is 0. The van der Waals surface area contributed by atoms with Crippen molar-refractivity contribution in [1.82, 2.24) is 15.0 Å². The van der Waals surface area contributed by atoms with Gasteiger partial charge in [0.05, 0.1) is 0 Å². The molecule has 4 heteroatoms. The van der Waals surface area contributed by atoms with Crippen molar-refractivity contribution >= 4 is 32.7 Å². The Hall–Kier alpha value is -7.95. The van der Waals surface area contributed by atoms with Crippen LogP contribution in [-0.4, -0.2) is 15.0 Å². The molecule has 0 saturated heterocycles. The van der Waals surface area contributed by atoms with E-state index in [2.05, 4.69) is 158 Å². The number of hydrogen-bond acceptors (Lipinski definition) is 4. The smallest absolute Gasteiger partial charge is 0.164 e. The summed E-state index contributed by atoms with van der Waals surface area (Å²) in [6, 6.07) is 74.1. The Bertz CT molecular complexity index is 3300. The van der Waals surface area contributed by atoms with Gasteiger partial charge in [0, 0.05) is 27.5 Å². The summed E-state index contributed by atoms with van der Waals surface area (Å²) in [6.45, 7) is 0. The first-order chi connectivity index (χ1) is 29.2. The number of benzene rings is 9. The molecule has 9 aromatic carbocycles. The maximum absolute atomic E-state index is 6.25. The molecule has 0 radical (unpaired) electrons. The summed E-state index contributed by atoms with van der Waals surface area (Å²) in [5.41, 5.74) is 13.8. The SMILES string of the molecule is c1ccc(-c2nc(-c3ccc(-c4ccc(-c5ccc(-c6ccc7c(c6)oc6ccccc67)c6ccccc56)cc4)cc3)nc(-c3ccccc3-c3ccccc3)n2)cc1. The molecule has 0 bridgehead atoms. The van der Waals surface area contributed by atoms with E-state index in [1.54, 1.807) is 0 Å². The van der Waals surface area contributed by atoms with E-state index in [-0.39, 0.29) is 0 Å². The summed E-state index contributed by atoms with van der Waals surface area (Å²) in [5.74, 6) is 1.91. The summed E-state index contributed by atoms with van der Waals surface area (Å²) >= 11 is 0. The van der Waals surface area contributed by atoms with Crippen LogP contribution in [0.5, 0.6) is 0 Å². The topological polar surface area (TPSA) is 51.8 Å². The number of nitrogens with zero attached hydrogens (tertiary/aromatic N) is 3. The van der Waals surface area contributed by atoms with Crippen molar-refractivity contribution in [2.24, 2.45) is 0 Å². The van der Waals surface area contributed by atoms with Crippen molar-refractivity contribution in [3.63, 3.8) is 0 Å². The van der Waals surface area contributed by atoms with Crippen LogP contribution in [0.1, 0.15) is 0 Å². The third-order valence-corrected chi connectivity index (χ3v) is 11.2. The van der Waals surface area contributed by atoms with E-state index in [0.29, 0.717) is 17.5 Å². The van der Waals surface area contributed by atoms with E-state index in [4.69, 9.17) is 19.4 Å². The van der Waals surface area contributed by atoms with Crippen LogP contribution < -0.4 is 0 Å². The zero-order chi connectivity index (χ0) is 39.1. The second-order valence-corrected chi connectivity index (χ2v) is 14.8. The average Bonchev–Trinajstić information content (AvgIpc) is 3.70. The Morgan fingerprint density at radius 1 is 0.237 bits per heavy atom. The second kappa shape index (κ2) is 14.5. The molecule has 11 rings (SSSR count). The van der Waals surface area contributed by atoms with Gasteiger partial charge in [-0.3, -0.25) is 0 Å². The molecule has 0 aliphatic carbocycles. The molecule has 0 unspecified atom stereocenters. The highest BCUT2D eigenvalue weighted by Gasteiger charge is 2.17. The highest BCUT2D eigenvalue weighted by Crippen LogP contribution is 2.39. The lowest BCUT2D eigenvalue weighted by molar-refractivity contribution is 0.669. The number of aromatic nitrogens is 3. The molecule has 0 aliphatic heterocycles. The predicted octanol–water partition coefficient (Wildman–Crippen LogP) is 14.6. The van der Waals surface area contributed by atoms with Gasteiger partial charge in [-0.05, 0) is 73.5 Å². The number of para-hydroxylation sites is 1. The van der Waals surface area contributed by atoms with Crippen LogP contribution in [0.15, 0.2) is 217 Å². The molecule has 0 amide bonds. The quantitative estimate of drug-likeness (QED) is 0.163. The van der Waals surface area contributed by atoms with E-state index < -0.39 is 0 Å². The molecule has 0 fully saturated rings. The Morgan fingerprint density at radius 3 is 1.32 bits per heavy atom. The standard InChI is InChI=1S/C55H35N3O/c1-3-13-38(14-4-1)43-17-7-10-21-50(43)55-57-53(40-15-5-2-6-16-40)56-54(58-55)41-29-25-37(26-30-41)36-23-27-39(28-24-36)44-33-34-45(47-19-9-8-18-46(44)47)42-31-32-49-48-20-11-12-22-51(48)59-52(49)35-42/h1-35H. The predicted molar refractivity (Wildman–Crippen MR) is 243 cm³/mol. The molecular formula is C55H35N3O. The van der Waals surface area contributed by atoms with E-state index in [9.17, 15) is 0 Å². The van der Waals surface area contributed by atoms with Crippen LogP contribution in [0, 0.1) is 0 Å². The van der Waals surface area contributed by atoms with Gasteiger partial charge in [0.2, 0.25) is 0 Å². The minimum absolute atomic E-state index is 0.631. The molecule has 2 heterocycles. The lowest BCUT2D eigenvalue weighted by Crippen LogP contribution is -2.01. The van der Waals surface area contributed by atoms with E-state index in [1.807, 2.05) is 54.6 Å². The molecule has 0 spiro atoms. The van der Waals surface area contributed by atoms with Gasteiger partial charge in [0.15, 0.2) is 17.5 Å². The van der Waals surface area contributed by atoms with Gasteiger partial charge in [0.1, 0.15) is 11.2 Å². The first kappa shape index (κ1) is 34.3. The molecule has 0 saturated carbocycles. The lowest BCUT2D eigenvalue weighted by atomic mass is 9.91. The normalized spacial score (nSPS) is 11.4. The Labute approximate surface area is 341 Å². The molecule has 0 atom stereocenters. The van der Waals surface area contributed by atoms with E-state index in [0.717, 1.165) is 66.4 Å². The lowest BCUT2D eigenvalue weighted by Gasteiger charge is -2.13. The molecule has 4 nitrogen and oxygen atoms in total. The van der Waals surface area contributed by atoms with Gasteiger partial charge in [0.25, 0.3) is 0 Å². The van der Waals surface area contributed by atoms with Crippen molar-refractivity contribution in [2.75, 3.05) is 0 Å². The molecular weight excluding hydrogens is 719 g/mol. The summed E-state index contributed by atoms with van der Waals surface area (Å²) in [4.78, 5) is 15.1. The number of rotatable bonds is 7. The molecule has 59 heavy (non-hydrogen) atoms. The maximum Gasteiger partial charge on any atom is 0.164 e. The molecule has 0 N–H and O–H groups in total. The highest BCUT2D eigenvalue weighted by atomic mass is 16.3. The third-order valence-electron chi connectivity index (χ3n) is 11.2. The van der Waals surface area contributed by atoms with E-state index in [1.165, 1.54) is 27.5 Å². The van der Waals surface area contributed by atoms with Crippen LogP contribution in [0.2, 0.25) is 0 Å². The largest absolute Gasteiger partial charge is 0.456 e. The zero-order valence-corrected chi connectivity index (χ0v) is 32.0.